The van der Waals surface area contributed by atoms with E-state index in [0.29, 0.717) is 5.82 Å². The van der Waals surface area contributed by atoms with Crippen LogP contribution in [0.3, 0.4) is 0 Å². The van der Waals surface area contributed by atoms with Crippen molar-refractivity contribution < 1.29 is 0 Å². The molecule has 0 atom stereocenters. The van der Waals surface area contributed by atoms with Gasteiger partial charge in [-0.15, -0.1) is 0 Å². The predicted octanol–water partition coefficient (Wildman–Crippen LogP) is 0.551. The minimum Gasteiger partial charge on any atom is -0.382 e. The van der Waals surface area contributed by atoms with E-state index in [1.807, 2.05) is 13.1 Å². The molecule has 0 saturated carbocycles. The van der Waals surface area contributed by atoms with Crippen molar-refractivity contribution in [2.45, 2.75) is 0 Å². The first-order valence-electron chi connectivity index (χ1n) is 3.31. The van der Waals surface area contributed by atoms with Crippen LogP contribution in [0.25, 0.3) is 10.9 Å². The first-order valence-corrected chi connectivity index (χ1v) is 3.31. The number of nitrogens with zero attached hydrogens (tertiary/aromatic N) is 3. The minimum atomic E-state index is 0.538. The smallest absolute Gasteiger partial charge is 0.154 e. The van der Waals surface area contributed by atoms with Crippen LogP contribution in [0.15, 0.2) is 18.5 Å². The molecule has 0 spiro atoms. The van der Waals surface area contributed by atoms with Crippen molar-refractivity contribution in [3.63, 3.8) is 0 Å². The molecular weight excluding hydrogens is 140 g/mol. The summed E-state index contributed by atoms with van der Waals surface area (Å²) in [6.45, 7) is 0. The Balaban J connectivity index is 2.95. The second-order valence-electron chi connectivity index (χ2n) is 2.40. The summed E-state index contributed by atoms with van der Waals surface area (Å²) < 4.78 is 1.74. The lowest BCUT2D eigenvalue weighted by atomic mass is 10.3. The SMILES string of the molecule is Cn1nc(N)c2cnccc21. The second-order valence-corrected chi connectivity index (χ2v) is 2.40. The lowest BCUT2D eigenvalue weighted by Crippen LogP contribution is -1.90. The second kappa shape index (κ2) is 1.95. The van der Waals surface area contributed by atoms with Crippen LogP contribution < -0.4 is 5.73 Å². The molecule has 0 aliphatic rings. The largest absolute Gasteiger partial charge is 0.382 e. The summed E-state index contributed by atoms with van der Waals surface area (Å²) in [5.41, 5.74) is 6.62. The van der Waals surface area contributed by atoms with Crippen molar-refractivity contribution in [1.82, 2.24) is 14.8 Å². The summed E-state index contributed by atoms with van der Waals surface area (Å²) in [5.74, 6) is 0.538. The molecule has 0 fully saturated rings. The van der Waals surface area contributed by atoms with E-state index in [9.17, 15) is 0 Å². The molecule has 0 saturated heterocycles. The Labute approximate surface area is 63.6 Å². The highest BCUT2D eigenvalue weighted by molar-refractivity contribution is 5.87. The van der Waals surface area contributed by atoms with Crippen LogP contribution in [0.4, 0.5) is 5.82 Å². The van der Waals surface area contributed by atoms with Crippen molar-refractivity contribution in [3.05, 3.63) is 18.5 Å². The number of fused-ring (bicyclic) bond motifs is 1. The molecule has 0 amide bonds. The van der Waals surface area contributed by atoms with Gasteiger partial charge in [0.25, 0.3) is 0 Å². The lowest BCUT2D eigenvalue weighted by Gasteiger charge is -1.89. The third-order valence-corrected chi connectivity index (χ3v) is 1.68. The molecule has 0 bridgehead atoms. The highest BCUT2D eigenvalue weighted by Gasteiger charge is 2.02. The number of hydrogen-bond acceptors (Lipinski definition) is 3. The van der Waals surface area contributed by atoms with E-state index in [1.165, 1.54) is 0 Å². The molecule has 2 rings (SSSR count). The lowest BCUT2D eigenvalue weighted by molar-refractivity contribution is 0.802. The summed E-state index contributed by atoms with van der Waals surface area (Å²) in [4.78, 5) is 3.95. The van der Waals surface area contributed by atoms with Crippen molar-refractivity contribution in [1.29, 1.82) is 0 Å². The van der Waals surface area contributed by atoms with Crippen molar-refractivity contribution in [2.24, 2.45) is 7.05 Å². The van der Waals surface area contributed by atoms with Gasteiger partial charge in [-0.25, -0.2) is 0 Å². The molecule has 2 aromatic heterocycles. The first-order chi connectivity index (χ1) is 5.29. The highest BCUT2D eigenvalue weighted by Crippen LogP contribution is 2.16. The highest BCUT2D eigenvalue weighted by atomic mass is 15.3. The van der Waals surface area contributed by atoms with E-state index in [-0.39, 0.29) is 0 Å². The number of nitrogen functional groups attached to an aromatic ring is 1. The van der Waals surface area contributed by atoms with Gasteiger partial charge >= 0.3 is 0 Å². The van der Waals surface area contributed by atoms with E-state index in [4.69, 9.17) is 5.73 Å². The van der Waals surface area contributed by atoms with Crippen LogP contribution in [0, 0.1) is 0 Å². The van der Waals surface area contributed by atoms with Gasteiger partial charge in [0.15, 0.2) is 5.82 Å². The molecule has 2 heterocycles. The zero-order valence-corrected chi connectivity index (χ0v) is 6.15. The number of nitrogens with two attached hydrogens (primary N) is 1. The molecule has 56 valence electrons. The Kier molecular flexibility index (Phi) is 1.09. The van der Waals surface area contributed by atoms with Gasteiger partial charge in [0.2, 0.25) is 0 Å². The Hall–Kier alpha value is -1.58. The first kappa shape index (κ1) is 6.15. The van der Waals surface area contributed by atoms with Gasteiger partial charge < -0.3 is 5.73 Å². The van der Waals surface area contributed by atoms with Gasteiger partial charge in [0.1, 0.15) is 0 Å². The normalized spacial score (nSPS) is 10.6. The summed E-state index contributed by atoms with van der Waals surface area (Å²) in [6, 6.07) is 1.89. The molecule has 4 nitrogen and oxygen atoms in total. The Morgan fingerprint density at radius 2 is 2.36 bits per heavy atom. The molecule has 0 aliphatic carbocycles. The molecule has 0 aliphatic heterocycles. The maximum absolute atomic E-state index is 5.61. The van der Waals surface area contributed by atoms with Gasteiger partial charge in [-0.2, -0.15) is 5.10 Å². The standard InChI is InChI=1S/C7H8N4/c1-11-6-2-3-9-4-5(6)7(8)10-11/h2-4H,1H3,(H2,8,10). The monoisotopic (exact) mass is 148 g/mol. The average molecular weight is 148 g/mol. The van der Waals surface area contributed by atoms with Crippen LogP contribution in [-0.4, -0.2) is 14.8 Å². The fourth-order valence-electron chi connectivity index (χ4n) is 1.14. The quantitative estimate of drug-likeness (QED) is 0.593. The minimum absolute atomic E-state index is 0.538. The number of anilines is 1. The zero-order valence-electron chi connectivity index (χ0n) is 6.15. The fraction of sp³-hybridized carbons (Fsp3) is 0.143. The number of aromatic nitrogens is 3. The number of pyridine rings is 1. The van der Waals surface area contributed by atoms with Gasteiger partial charge in [-0.05, 0) is 6.07 Å². The number of rotatable bonds is 0. The Morgan fingerprint density at radius 3 is 3.09 bits per heavy atom. The van der Waals surface area contributed by atoms with E-state index < -0.39 is 0 Å². The average Bonchev–Trinajstić information content (AvgIpc) is 2.30. The van der Waals surface area contributed by atoms with Crippen LogP contribution >= 0.6 is 0 Å². The summed E-state index contributed by atoms with van der Waals surface area (Å²) >= 11 is 0. The molecule has 0 unspecified atom stereocenters. The topological polar surface area (TPSA) is 56.7 Å². The van der Waals surface area contributed by atoms with Crippen molar-refractivity contribution in [2.75, 3.05) is 5.73 Å². The Morgan fingerprint density at radius 1 is 1.55 bits per heavy atom. The van der Waals surface area contributed by atoms with Crippen LogP contribution in [0.1, 0.15) is 0 Å². The predicted molar refractivity (Wildman–Crippen MR) is 42.9 cm³/mol. The van der Waals surface area contributed by atoms with Crippen LogP contribution in [-0.2, 0) is 7.05 Å². The maximum Gasteiger partial charge on any atom is 0.154 e. The molecule has 4 heteroatoms. The summed E-state index contributed by atoms with van der Waals surface area (Å²) in [6.07, 6.45) is 3.45. The molecular formula is C7H8N4. The Bertz CT molecular complexity index is 354. The van der Waals surface area contributed by atoms with E-state index in [2.05, 4.69) is 10.1 Å². The van der Waals surface area contributed by atoms with Crippen LogP contribution in [0.5, 0.6) is 0 Å². The molecule has 11 heavy (non-hydrogen) atoms. The van der Waals surface area contributed by atoms with E-state index in [1.54, 1.807) is 17.1 Å². The summed E-state index contributed by atoms with van der Waals surface area (Å²) in [7, 11) is 1.86. The van der Waals surface area contributed by atoms with Gasteiger partial charge in [-0.1, -0.05) is 0 Å². The molecule has 0 aromatic carbocycles. The zero-order chi connectivity index (χ0) is 7.84. The molecule has 2 aromatic rings. The van der Waals surface area contributed by atoms with Crippen molar-refractivity contribution >= 4 is 16.7 Å². The van der Waals surface area contributed by atoms with Crippen molar-refractivity contribution in [3.8, 4) is 0 Å². The third-order valence-electron chi connectivity index (χ3n) is 1.68. The third kappa shape index (κ3) is 0.756. The fourth-order valence-corrected chi connectivity index (χ4v) is 1.14. The van der Waals surface area contributed by atoms with E-state index in [0.717, 1.165) is 10.9 Å². The van der Waals surface area contributed by atoms with Gasteiger partial charge in [0, 0.05) is 19.4 Å². The van der Waals surface area contributed by atoms with Gasteiger partial charge in [-0.3, -0.25) is 9.67 Å². The van der Waals surface area contributed by atoms with E-state index >= 15 is 0 Å². The molecule has 2 N–H and O–H groups in total. The number of aryl methyl sites for hydroxylation is 1. The van der Waals surface area contributed by atoms with Gasteiger partial charge in [0.05, 0.1) is 10.9 Å². The number of hydrogen-bond donors (Lipinski definition) is 1. The van der Waals surface area contributed by atoms with Crippen LogP contribution in [0.2, 0.25) is 0 Å². The maximum atomic E-state index is 5.61. The summed E-state index contributed by atoms with van der Waals surface area (Å²) in [5, 5.41) is 4.96. The molecule has 0 radical (unpaired) electrons.